The third kappa shape index (κ3) is 3.83. The molecular formula is C14H14Cl2N4O. The maximum atomic E-state index is 12.1. The number of hydrogen-bond acceptors (Lipinski definition) is 4. The van der Waals surface area contributed by atoms with Gasteiger partial charge in [-0.25, -0.2) is 0 Å². The summed E-state index contributed by atoms with van der Waals surface area (Å²) in [5.41, 5.74) is 1.03. The highest BCUT2D eigenvalue weighted by Gasteiger charge is 2.15. The van der Waals surface area contributed by atoms with E-state index in [2.05, 4.69) is 20.8 Å². The number of carbonyl (C=O) groups is 1. The van der Waals surface area contributed by atoms with Crippen LogP contribution in [0.15, 0.2) is 30.3 Å². The van der Waals surface area contributed by atoms with Crippen LogP contribution in [-0.2, 0) is 0 Å². The molecule has 2 aromatic rings. The molecule has 2 N–H and O–H groups in total. The van der Waals surface area contributed by atoms with E-state index in [1.807, 2.05) is 6.92 Å². The van der Waals surface area contributed by atoms with Gasteiger partial charge in [-0.2, -0.15) is 0 Å². The normalized spacial score (nSPS) is 11.8. The second-order valence-corrected chi connectivity index (χ2v) is 5.26. The van der Waals surface area contributed by atoms with Crippen LogP contribution in [-0.4, -0.2) is 23.2 Å². The maximum absolute atomic E-state index is 12.1. The lowest BCUT2D eigenvalue weighted by Crippen LogP contribution is -2.27. The van der Waals surface area contributed by atoms with Gasteiger partial charge in [0, 0.05) is 17.1 Å². The summed E-state index contributed by atoms with van der Waals surface area (Å²) in [6.07, 6.45) is 0. The average Bonchev–Trinajstić information content (AvgIpc) is 2.47. The van der Waals surface area contributed by atoms with E-state index in [1.165, 1.54) is 0 Å². The number of nitrogens with one attached hydrogen (secondary N) is 2. The van der Waals surface area contributed by atoms with Gasteiger partial charge in [0.05, 0.1) is 6.04 Å². The van der Waals surface area contributed by atoms with E-state index in [-0.39, 0.29) is 17.6 Å². The molecule has 1 unspecified atom stereocenters. The molecule has 1 aromatic carbocycles. The van der Waals surface area contributed by atoms with Gasteiger partial charge in [-0.3, -0.25) is 4.79 Å². The highest BCUT2D eigenvalue weighted by atomic mass is 35.5. The fourth-order valence-electron chi connectivity index (χ4n) is 1.79. The molecule has 21 heavy (non-hydrogen) atoms. The molecule has 0 aliphatic heterocycles. The number of rotatable bonds is 4. The molecule has 0 aliphatic rings. The molecule has 7 heteroatoms. The summed E-state index contributed by atoms with van der Waals surface area (Å²) in [5, 5.41) is 14.4. The molecule has 0 saturated carbocycles. The molecule has 5 nitrogen and oxygen atoms in total. The van der Waals surface area contributed by atoms with Crippen LogP contribution in [0.2, 0.25) is 10.0 Å². The van der Waals surface area contributed by atoms with Crippen molar-refractivity contribution < 1.29 is 4.79 Å². The Labute approximate surface area is 132 Å². The topological polar surface area (TPSA) is 66.9 Å². The molecule has 0 fully saturated rings. The van der Waals surface area contributed by atoms with Crippen LogP contribution in [0.1, 0.15) is 29.0 Å². The summed E-state index contributed by atoms with van der Waals surface area (Å²) in [4.78, 5) is 12.1. The van der Waals surface area contributed by atoms with Gasteiger partial charge in [-0.05, 0) is 36.8 Å². The Balaban J connectivity index is 2.10. The zero-order valence-electron chi connectivity index (χ0n) is 11.5. The van der Waals surface area contributed by atoms with E-state index in [9.17, 15) is 4.79 Å². The minimum atomic E-state index is -0.316. The monoisotopic (exact) mass is 324 g/mol. The first kappa shape index (κ1) is 15.5. The van der Waals surface area contributed by atoms with E-state index < -0.39 is 0 Å². The quantitative estimate of drug-likeness (QED) is 0.905. The fraction of sp³-hybridized carbons (Fsp3) is 0.214. The molecule has 2 rings (SSSR count). The highest BCUT2D eigenvalue weighted by molar-refractivity contribution is 6.35. The largest absolute Gasteiger partial charge is 0.372 e. The molecular weight excluding hydrogens is 311 g/mol. The van der Waals surface area contributed by atoms with Crippen molar-refractivity contribution in [3.8, 4) is 0 Å². The maximum Gasteiger partial charge on any atom is 0.272 e. The van der Waals surface area contributed by atoms with E-state index >= 15 is 0 Å². The Morgan fingerprint density at radius 3 is 2.52 bits per heavy atom. The van der Waals surface area contributed by atoms with Crippen LogP contribution in [0.3, 0.4) is 0 Å². The van der Waals surface area contributed by atoms with E-state index in [1.54, 1.807) is 37.4 Å². The highest BCUT2D eigenvalue weighted by Crippen LogP contribution is 2.26. The van der Waals surface area contributed by atoms with Crippen LogP contribution < -0.4 is 10.6 Å². The van der Waals surface area contributed by atoms with E-state index in [0.29, 0.717) is 15.9 Å². The molecule has 0 aliphatic carbocycles. The van der Waals surface area contributed by atoms with Gasteiger partial charge in [-0.15, -0.1) is 10.2 Å². The smallest absolute Gasteiger partial charge is 0.272 e. The number of aromatic nitrogens is 2. The third-order valence-electron chi connectivity index (χ3n) is 2.93. The zero-order valence-corrected chi connectivity index (χ0v) is 13.0. The van der Waals surface area contributed by atoms with Gasteiger partial charge >= 0.3 is 0 Å². The summed E-state index contributed by atoms with van der Waals surface area (Å²) in [6.45, 7) is 1.84. The van der Waals surface area contributed by atoms with Gasteiger partial charge in [-0.1, -0.05) is 29.3 Å². The van der Waals surface area contributed by atoms with Crippen molar-refractivity contribution in [3.05, 3.63) is 51.6 Å². The van der Waals surface area contributed by atoms with Gasteiger partial charge in [0.2, 0.25) is 0 Å². The minimum absolute atomic E-state index is 0.242. The Bertz CT molecular complexity index is 646. The number of carbonyl (C=O) groups excluding carboxylic acids is 1. The summed E-state index contributed by atoms with van der Waals surface area (Å²) >= 11 is 12.0. The summed E-state index contributed by atoms with van der Waals surface area (Å²) in [5.74, 6) is 0.281. The third-order valence-corrected chi connectivity index (χ3v) is 3.49. The van der Waals surface area contributed by atoms with Crippen molar-refractivity contribution in [1.29, 1.82) is 0 Å². The summed E-state index contributed by atoms with van der Waals surface area (Å²) in [7, 11) is 1.73. The molecule has 1 atom stereocenters. The Morgan fingerprint density at radius 2 is 1.95 bits per heavy atom. The first-order chi connectivity index (χ1) is 10.0. The predicted octanol–water partition coefficient (Wildman–Crippen LogP) is 3.32. The number of anilines is 1. The predicted molar refractivity (Wildman–Crippen MR) is 83.9 cm³/mol. The second kappa shape index (κ2) is 6.74. The van der Waals surface area contributed by atoms with Crippen LogP contribution in [0, 0.1) is 0 Å². The molecule has 0 radical (unpaired) electrons. The minimum Gasteiger partial charge on any atom is -0.372 e. The molecule has 110 valence electrons. The van der Waals surface area contributed by atoms with Crippen molar-refractivity contribution in [2.45, 2.75) is 13.0 Å². The number of halogens is 2. The lowest BCUT2D eigenvalue weighted by atomic mass is 10.1. The van der Waals surface area contributed by atoms with Gasteiger partial charge in [0.15, 0.2) is 5.69 Å². The summed E-state index contributed by atoms with van der Waals surface area (Å²) < 4.78 is 0. The number of hydrogen-bond donors (Lipinski definition) is 2. The Morgan fingerprint density at radius 1 is 1.19 bits per heavy atom. The van der Waals surface area contributed by atoms with Gasteiger partial charge in [0.1, 0.15) is 5.82 Å². The average molecular weight is 325 g/mol. The van der Waals surface area contributed by atoms with Gasteiger partial charge in [0.25, 0.3) is 5.91 Å². The van der Waals surface area contributed by atoms with E-state index in [0.717, 1.165) is 5.56 Å². The molecule has 1 aromatic heterocycles. The molecule has 0 saturated heterocycles. The van der Waals surface area contributed by atoms with Crippen molar-refractivity contribution >= 4 is 34.9 Å². The molecule has 0 bridgehead atoms. The van der Waals surface area contributed by atoms with Crippen molar-refractivity contribution in [2.75, 3.05) is 12.4 Å². The molecule has 0 spiro atoms. The number of nitrogens with zero attached hydrogens (tertiary/aromatic N) is 2. The second-order valence-electron chi connectivity index (χ2n) is 4.41. The van der Waals surface area contributed by atoms with Crippen LogP contribution in [0.4, 0.5) is 5.82 Å². The lowest BCUT2D eigenvalue weighted by Gasteiger charge is -2.15. The van der Waals surface area contributed by atoms with Crippen molar-refractivity contribution in [3.63, 3.8) is 0 Å². The molecule has 1 heterocycles. The zero-order chi connectivity index (χ0) is 15.4. The first-order valence-electron chi connectivity index (χ1n) is 6.28. The van der Waals surface area contributed by atoms with Crippen LogP contribution in [0.25, 0.3) is 0 Å². The number of benzene rings is 1. The van der Waals surface area contributed by atoms with Crippen molar-refractivity contribution in [2.24, 2.45) is 0 Å². The van der Waals surface area contributed by atoms with Crippen molar-refractivity contribution in [1.82, 2.24) is 15.5 Å². The standard InChI is InChI=1S/C14H14Cl2N4O/c1-8(10-4-3-9(15)7-11(10)16)18-14(21)12-5-6-13(17-2)20-19-12/h3-8H,1-2H3,(H,17,20)(H,18,21). The summed E-state index contributed by atoms with van der Waals surface area (Å²) in [6, 6.07) is 8.17. The van der Waals surface area contributed by atoms with Crippen LogP contribution in [0.5, 0.6) is 0 Å². The van der Waals surface area contributed by atoms with Gasteiger partial charge < -0.3 is 10.6 Å². The SMILES string of the molecule is CNc1ccc(C(=O)NC(C)c2ccc(Cl)cc2Cl)nn1. The Hall–Kier alpha value is -1.85. The van der Waals surface area contributed by atoms with Crippen LogP contribution >= 0.6 is 23.2 Å². The number of amides is 1. The van der Waals surface area contributed by atoms with E-state index in [4.69, 9.17) is 23.2 Å². The fourth-order valence-corrected chi connectivity index (χ4v) is 2.36. The Kier molecular flexibility index (Phi) is 4.98. The first-order valence-corrected chi connectivity index (χ1v) is 7.04. The lowest BCUT2D eigenvalue weighted by molar-refractivity contribution is 0.0934. The molecule has 1 amide bonds.